The molecule has 3 rings (SSSR count). The Bertz CT molecular complexity index is 768. The van der Waals surface area contributed by atoms with Gasteiger partial charge in [-0.3, -0.25) is 9.38 Å². The van der Waals surface area contributed by atoms with Crippen molar-refractivity contribution in [1.82, 2.24) is 14.4 Å². The van der Waals surface area contributed by atoms with Gasteiger partial charge in [-0.15, -0.1) is 0 Å². The molecule has 0 amide bonds. The van der Waals surface area contributed by atoms with Crippen molar-refractivity contribution in [2.24, 2.45) is 0 Å². The van der Waals surface area contributed by atoms with Gasteiger partial charge in [0.2, 0.25) is 0 Å². The van der Waals surface area contributed by atoms with Crippen molar-refractivity contribution in [1.29, 1.82) is 0 Å². The fourth-order valence-corrected chi connectivity index (χ4v) is 2.25. The maximum Gasteiger partial charge on any atom is 0.356 e. The quantitative estimate of drug-likeness (QED) is 0.789. The topological polar surface area (TPSA) is 67.5 Å². The number of carboxylic acid groups (broad SMARTS) is 1. The Hall–Kier alpha value is -2.21. The van der Waals surface area contributed by atoms with E-state index in [1.54, 1.807) is 41.2 Å². The number of rotatable bonds is 2. The maximum absolute atomic E-state index is 11.2. The largest absolute Gasteiger partial charge is 0.476 e. The number of aromatic nitrogens is 3. The number of halogens is 1. The minimum Gasteiger partial charge on any atom is -0.476 e. The van der Waals surface area contributed by atoms with Gasteiger partial charge in [-0.05, 0) is 40.2 Å². The molecule has 0 aromatic carbocycles. The Morgan fingerprint density at radius 2 is 2.16 bits per heavy atom. The molecular formula is C13H8BrN3O2. The van der Waals surface area contributed by atoms with Gasteiger partial charge in [0, 0.05) is 28.6 Å². The van der Waals surface area contributed by atoms with Gasteiger partial charge in [0.25, 0.3) is 0 Å². The predicted molar refractivity (Wildman–Crippen MR) is 73.1 cm³/mol. The van der Waals surface area contributed by atoms with Gasteiger partial charge < -0.3 is 5.11 Å². The van der Waals surface area contributed by atoms with Crippen molar-refractivity contribution in [3.8, 4) is 11.4 Å². The van der Waals surface area contributed by atoms with Crippen LogP contribution in [0.1, 0.15) is 10.5 Å². The van der Waals surface area contributed by atoms with E-state index in [-0.39, 0.29) is 5.69 Å². The predicted octanol–water partition coefficient (Wildman–Crippen LogP) is 2.86. The fourth-order valence-electron chi connectivity index (χ4n) is 1.92. The molecule has 94 valence electrons. The average Bonchev–Trinajstić information content (AvgIpc) is 2.78. The van der Waals surface area contributed by atoms with E-state index >= 15 is 0 Å². The summed E-state index contributed by atoms with van der Waals surface area (Å²) in [7, 11) is 0. The van der Waals surface area contributed by atoms with E-state index < -0.39 is 5.97 Å². The lowest BCUT2D eigenvalue weighted by Gasteiger charge is -2.01. The zero-order chi connectivity index (χ0) is 13.4. The van der Waals surface area contributed by atoms with Crippen molar-refractivity contribution in [3.63, 3.8) is 0 Å². The number of hydrogen-bond donors (Lipinski definition) is 1. The second kappa shape index (κ2) is 4.47. The number of fused-ring (bicyclic) bond motifs is 1. The first kappa shape index (κ1) is 11.9. The van der Waals surface area contributed by atoms with Crippen molar-refractivity contribution in [3.05, 3.63) is 53.0 Å². The maximum atomic E-state index is 11.2. The minimum absolute atomic E-state index is 0.0337. The van der Waals surface area contributed by atoms with Crippen molar-refractivity contribution < 1.29 is 9.90 Å². The molecule has 3 heterocycles. The van der Waals surface area contributed by atoms with Gasteiger partial charge >= 0.3 is 5.97 Å². The van der Waals surface area contributed by atoms with Crippen LogP contribution < -0.4 is 0 Å². The molecule has 0 bridgehead atoms. The zero-order valence-electron chi connectivity index (χ0n) is 9.62. The number of imidazole rings is 1. The van der Waals surface area contributed by atoms with Crippen LogP contribution in [0.25, 0.3) is 16.9 Å². The molecule has 3 aromatic rings. The number of nitrogens with zero attached hydrogens (tertiary/aromatic N) is 3. The Morgan fingerprint density at radius 1 is 1.32 bits per heavy atom. The summed E-state index contributed by atoms with van der Waals surface area (Å²) in [5.74, 6) is -0.489. The van der Waals surface area contributed by atoms with Crippen molar-refractivity contribution in [2.75, 3.05) is 0 Å². The van der Waals surface area contributed by atoms with E-state index in [9.17, 15) is 9.90 Å². The highest BCUT2D eigenvalue weighted by Gasteiger charge is 2.17. The lowest BCUT2D eigenvalue weighted by molar-refractivity contribution is 0.0693. The summed E-state index contributed by atoms with van der Waals surface area (Å²) in [6.07, 6.45) is 5.10. The van der Waals surface area contributed by atoms with Crippen LogP contribution in [0.15, 0.2) is 47.3 Å². The first-order valence-corrected chi connectivity index (χ1v) is 6.27. The van der Waals surface area contributed by atoms with E-state index in [2.05, 4.69) is 25.9 Å². The van der Waals surface area contributed by atoms with Crippen LogP contribution in [0.2, 0.25) is 0 Å². The molecule has 0 fully saturated rings. The number of aromatic carboxylic acids is 1. The molecule has 0 saturated heterocycles. The third-order valence-electron chi connectivity index (χ3n) is 2.72. The number of carbonyl (C=O) groups is 1. The molecule has 0 aliphatic heterocycles. The molecule has 0 aliphatic carbocycles. The van der Waals surface area contributed by atoms with Gasteiger partial charge in [0.1, 0.15) is 5.82 Å². The highest BCUT2D eigenvalue weighted by atomic mass is 79.9. The van der Waals surface area contributed by atoms with E-state index in [4.69, 9.17) is 0 Å². The van der Waals surface area contributed by atoms with Crippen LogP contribution in [0.5, 0.6) is 0 Å². The zero-order valence-corrected chi connectivity index (χ0v) is 11.2. The lowest BCUT2D eigenvalue weighted by Crippen LogP contribution is -1.97. The summed E-state index contributed by atoms with van der Waals surface area (Å²) in [4.78, 5) is 19.5. The van der Waals surface area contributed by atoms with Crippen LogP contribution in [0.3, 0.4) is 0 Å². The molecule has 1 N–H and O–H groups in total. The van der Waals surface area contributed by atoms with Crippen LogP contribution in [0, 0.1) is 0 Å². The van der Waals surface area contributed by atoms with Crippen LogP contribution in [-0.2, 0) is 0 Å². The van der Waals surface area contributed by atoms with Gasteiger partial charge in [0.05, 0.1) is 5.52 Å². The Morgan fingerprint density at radius 3 is 2.84 bits per heavy atom. The summed E-state index contributed by atoms with van der Waals surface area (Å²) in [6.45, 7) is 0. The number of pyridine rings is 2. The number of carboxylic acids is 1. The fraction of sp³-hybridized carbons (Fsp3) is 0. The lowest BCUT2D eigenvalue weighted by atomic mass is 10.3. The third kappa shape index (κ3) is 2.00. The first-order valence-electron chi connectivity index (χ1n) is 5.48. The molecule has 5 nitrogen and oxygen atoms in total. The van der Waals surface area contributed by atoms with Crippen LogP contribution >= 0.6 is 15.9 Å². The Kier molecular flexibility index (Phi) is 2.79. The SMILES string of the molecule is O=C(O)c1nc(-c2cccnc2)n2cc(Br)ccc12. The molecule has 0 unspecified atom stereocenters. The second-order valence-corrected chi connectivity index (χ2v) is 4.85. The summed E-state index contributed by atoms with van der Waals surface area (Å²) in [6, 6.07) is 7.14. The third-order valence-corrected chi connectivity index (χ3v) is 3.19. The molecule has 0 spiro atoms. The van der Waals surface area contributed by atoms with E-state index in [0.29, 0.717) is 11.3 Å². The molecule has 6 heteroatoms. The van der Waals surface area contributed by atoms with E-state index in [1.807, 2.05) is 6.07 Å². The van der Waals surface area contributed by atoms with E-state index in [1.165, 1.54) is 0 Å². The molecule has 0 radical (unpaired) electrons. The molecular weight excluding hydrogens is 310 g/mol. The average molecular weight is 318 g/mol. The summed E-state index contributed by atoms with van der Waals surface area (Å²) >= 11 is 3.37. The van der Waals surface area contributed by atoms with Gasteiger partial charge in [-0.1, -0.05) is 0 Å². The second-order valence-electron chi connectivity index (χ2n) is 3.93. The standard InChI is InChI=1S/C13H8BrN3O2/c14-9-3-4-10-11(13(18)19)16-12(17(10)7-9)8-2-1-5-15-6-8/h1-7H,(H,18,19). The highest BCUT2D eigenvalue weighted by Crippen LogP contribution is 2.24. The van der Waals surface area contributed by atoms with Gasteiger partial charge in [-0.25, -0.2) is 9.78 Å². The van der Waals surface area contributed by atoms with Gasteiger partial charge in [-0.2, -0.15) is 0 Å². The normalized spacial score (nSPS) is 10.8. The van der Waals surface area contributed by atoms with E-state index in [0.717, 1.165) is 10.0 Å². The molecule has 3 aromatic heterocycles. The molecule has 0 atom stereocenters. The van der Waals surface area contributed by atoms with Crippen molar-refractivity contribution >= 4 is 27.4 Å². The summed E-state index contributed by atoms with van der Waals surface area (Å²) < 4.78 is 2.59. The smallest absolute Gasteiger partial charge is 0.356 e. The Balaban J connectivity index is 2.36. The number of hydrogen-bond acceptors (Lipinski definition) is 3. The summed E-state index contributed by atoms with van der Waals surface area (Å²) in [5.41, 5.74) is 1.35. The summed E-state index contributed by atoms with van der Waals surface area (Å²) in [5, 5.41) is 9.21. The molecule has 0 saturated carbocycles. The monoisotopic (exact) mass is 317 g/mol. The van der Waals surface area contributed by atoms with Crippen LogP contribution in [-0.4, -0.2) is 25.4 Å². The van der Waals surface area contributed by atoms with Gasteiger partial charge in [0.15, 0.2) is 5.69 Å². The van der Waals surface area contributed by atoms with Crippen molar-refractivity contribution in [2.45, 2.75) is 0 Å². The van der Waals surface area contributed by atoms with Crippen LogP contribution in [0.4, 0.5) is 0 Å². The minimum atomic E-state index is -1.05. The molecule has 0 aliphatic rings. The highest BCUT2D eigenvalue weighted by molar-refractivity contribution is 9.10. The molecule has 19 heavy (non-hydrogen) atoms. The Labute approximate surface area is 116 Å². The first-order chi connectivity index (χ1) is 9.16.